The SMILES string of the molecule is CC(O)c1ccc(C2(CNC(=O)c3ccc(F)cc3)CCCC2)s1. The van der Waals surface area contributed by atoms with Gasteiger partial charge in [0.05, 0.1) is 6.10 Å². The van der Waals surface area contributed by atoms with Crippen LogP contribution in [0.3, 0.4) is 0 Å². The van der Waals surface area contributed by atoms with E-state index in [1.165, 1.54) is 29.1 Å². The molecule has 128 valence electrons. The van der Waals surface area contributed by atoms with E-state index in [9.17, 15) is 14.3 Å². The van der Waals surface area contributed by atoms with Gasteiger partial charge in [-0.2, -0.15) is 0 Å². The summed E-state index contributed by atoms with van der Waals surface area (Å²) in [6.45, 7) is 2.34. The lowest BCUT2D eigenvalue weighted by Crippen LogP contribution is -2.38. The molecule has 3 rings (SSSR count). The van der Waals surface area contributed by atoms with E-state index in [0.717, 1.165) is 30.6 Å². The minimum Gasteiger partial charge on any atom is -0.388 e. The molecule has 1 aliphatic rings. The number of amides is 1. The predicted molar refractivity (Wildman–Crippen MR) is 93.8 cm³/mol. The summed E-state index contributed by atoms with van der Waals surface area (Å²) in [4.78, 5) is 14.5. The number of aliphatic hydroxyl groups excluding tert-OH is 1. The fraction of sp³-hybridized carbons (Fsp3) is 0.421. The second-order valence-electron chi connectivity index (χ2n) is 6.55. The molecule has 1 fully saturated rings. The quantitative estimate of drug-likeness (QED) is 0.852. The average Bonchev–Trinajstić information content (AvgIpc) is 3.23. The second kappa shape index (κ2) is 7.03. The zero-order chi connectivity index (χ0) is 17.2. The van der Waals surface area contributed by atoms with Crippen LogP contribution in [0.25, 0.3) is 0 Å². The van der Waals surface area contributed by atoms with Crippen LogP contribution in [-0.2, 0) is 5.41 Å². The van der Waals surface area contributed by atoms with E-state index < -0.39 is 6.10 Å². The van der Waals surface area contributed by atoms with Crippen LogP contribution in [0.4, 0.5) is 4.39 Å². The van der Waals surface area contributed by atoms with Crippen molar-refractivity contribution in [2.45, 2.75) is 44.1 Å². The van der Waals surface area contributed by atoms with Crippen LogP contribution in [0.2, 0.25) is 0 Å². The molecule has 0 radical (unpaired) electrons. The molecule has 1 aromatic heterocycles. The van der Waals surface area contributed by atoms with Crippen LogP contribution in [0.5, 0.6) is 0 Å². The number of thiophene rings is 1. The van der Waals surface area contributed by atoms with Gasteiger partial charge in [0.25, 0.3) is 5.91 Å². The molecule has 1 aliphatic carbocycles. The summed E-state index contributed by atoms with van der Waals surface area (Å²) in [6.07, 6.45) is 3.91. The Morgan fingerprint density at radius 2 is 1.92 bits per heavy atom. The maximum absolute atomic E-state index is 13.0. The molecule has 0 aliphatic heterocycles. The lowest BCUT2D eigenvalue weighted by molar-refractivity contribution is 0.0943. The van der Waals surface area contributed by atoms with Crippen molar-refractivity contribution in [2.75, 3.05) is 6.54 Å². The molecule has 1 atom stereocenters. The number of carbonyl (C=O) groups is 1. The van der Waals surface area contributed by atoms with Crippen LogP contribution in [0.1, 0.15) is 58.8 Å². The van der Waals surface area contributed by atoms with Crippen LogP contribution in [0, 0.1) is 5.82 Å². The first-order valence-corrected chi connectivity index (χ1v) is 9.14. The Bertz CT molecular complexity index is 702. The molecule has 1 heterocycles. The third kappa shape index (κ3) is 3.52. The standard InChI is InChI=1S/C19H22FNO2S/c1-13(22)16-8-9-17(24-16)19(10-2-3-11-19)12-21-18(23)14-4-6-15(20)7-5-14/h4-9,13,22H,2-3,10-12H2,1H3,(H,21,23). The molecule has 1 aromatic carbocycles. The summed E-state index contributed by atoms with van der Waals surface area (Å²) in [5.74, 6) is -0.517. The maximum atomic E-state index is 13.0. The van der Waals surface area contributed by atoms with E-state index in [2.05, 4.69) is 11.4 Å². The molecule has 1 unspecified atom stereocenters. The molecule has 5 heteroatoms. The van der Waals surface area contributed by atoms with Gasteiger partial charge in [0, 0.05) is 27.3 Å². The van der Waals surface area contributed by atoms with Gasteiger partial charge in [-0.1, -0.05) is 12.8 Å². The number of nitrogens with one attached hydrogen (secondary N) is 1. The third-order valence-corrected chi connectivity index (χ3v) is 6.32. The molecule has 3 nitrogen and oxygen atoms in total. The average molecular weight is 347 g/mol. The highest BCUT2D eigenvalue weighted by Gasteiger charge is 2.37. The van der Waals surface area contributed by atoms with Crippen molar-refractivity contribution in [3.8, 4) is 0 Å². The number of halogens is 1. The van der Waals surface area contributed by atoms with Crippen LogP contribution >= 0.6 is 11.3 Å². The lowest BCUT2D eigenvalue weighted by atomic mass is 9.84. The number of rotatable bonds is 5. The summed E-state index contributed by atoms with van der Waals surface area (Å²) >= 11 is 1.64. The summed E-state index contributed by atoms with van der Waals surface area (Å²) < 4.78 is 13.0. The van der Waals surface area contributed by atoms with E-state index in [1.54, 1.807) is 18.3 Å². The largest absolute Gasteiger partial charge is 0.388 e. The summed E-state index contributed by atoms with van der Waals surface area (Å²) in [5.41, 5.74) is 0.424. The van der Waals surface area contributed by atoms with Gasteiger partial charge in [-0.25, -0.2) is 4.39 Å². The van der Waals surface area contributed by atoms with E-state index in [-0.39, 0.29) is 17.1 Å². The van der Waals surface area contributed by atoms with Crippen molar-refractivity contribution >= 4 is 17.2 Å². The Balaban J connectivity index is 1.74. The molecule has 24 heavy (non-hydrogen) atoms. The minimum absolute atomic E-state index is 0.0481. The first-order valence-electron chi connectivity index (χ1n) is 8.32. The molecule has 0 spiro atoms. The van der Waals surface area contributed by atoms with Gasteiger partial charge in [-0.3, -0.25) is 4.79 Å². The van der Waals surface area contributed by atoms with Crippen LogP contribution < -0.4 is 5.32 Å². The van der Waals surface area contributed by atoms with E-state index >= 15 is 0 Å². The molecule has 2 aromatic rings. The maximum Gasteiger partial charge on any atom is 0.251 e. The lowest BCUT2D eigenvalue weighted by Gasteiger charge is -2.28. The highest BCUT2D eigenvalue weighted by molar-refractivity contribution is 7.12. The molecule has 0 bridgehead atoms. The van der Waals surface area contributed by atoms with Crippen molar-refractivity contribution in [1.29, 1.82) is 0 Å². The van der Waals surface area contributed by atoms with Crippen molar-refractivity contribution in [2.24, 2.45) is 0 Å². The monoisotopic (exact) mass is 347 g/mol. The highest BCUT2D eigenvalue weighted by Crippen LogP contribution is 2.44. The van der Waals surface area contributed by atoms with Gasteiger partial charge in [0.2, 0.25) is 0 Å². The zero-order valence-electron chi connectivity index (χ0n) is 13.7. The number of benzene rings is 1. The fourth-order valence-corrected chi connectivity index (χ4v) is 4.57. The van der Waals surface area contributed by atoms with Crippen molar-refractivity contribution in [1.82, 2.24) is 5.32 Å². The first kappa shape index (κ1) is 17.1. The number of aliphatic hydroxyl groups is 1. The number of hydrogen-bond donors (Lipinski definition) is 2. The molecular weight excluding hydrogens is 325 g/mol. The minimum atomic E-state index is -0.462. The van der Waals surface area contributed by atoms with E-state index in [4.69, 9.17) is 0 Å². The van der Waals surface area contributed by atoms with E-state index in [1.807, 2.05) is 6.07 Å². The van der Waals surface area contributed by atoms with Crippen LogP contribution in [-0.4, -0.2) is 17.6 Å². The van der Waals surface area contributed by atoms with Gasteiger partial charge in [-0.05, 0) is 56.2 Å². The van der Waals surface area contributed by atoms with Gasteiger partial charge >= 0.3 is 0 Å². The Hall–Kier alpha value is -1.72. The fourth-order valence-electron chi connectivity index (χ4n) is 3.38. The van der Waals surface area contributed by atoms with Crippen molar-refractivity contribution in [3.05, 3.63) is 57.5 Å². The Morgan fingerprint density at radius 3 is 2.50 bits per heavy atom. The predicted octanol–water partition coefficient (Wildman–Crippen LogP) is 4.18. The van der Waals surface area contributed by atoms with Gasteiger partial charge < -0.3 is 10.4 Å². The molecule has 1 amide bonds. The molecule has 0 saturated heterocycles. The van der Waals surface area contributed by atoms with Crippen molar-refractivity contribution < 1.29 is 14.3 Å². The normalized spacial score (nSPS) is 17.6. The first-order chi connectivity index (χ1) is 11.5. The Labute approximate surface area is 145 Å². The summed E-state index contributed by atoms with van der Waals surface area (Å²) in [7, 11) is 0. The van der Waals surface area contributed by atoms with Crippen LogP contribution in [0.15, 0.2) is 36.4 Å². The summed E-state index contributed by atoms with van der Waals surface area (Å²) in [6, 6.07) is 9.67. The molecule has 1 saturated carbocycles. The summed E-state index contributed by atoms with van der Waals surface area (Å²) in [5, 5.41) is 12.8. The Kier molecular flexibility index (Phi) is 5.01. The van der Waals surface area contributed by atoms with E-state index in [0.29, 0.717) is 12.1 Å². The van der Waals surface area contributed by atoms with Gasteiger partial charge in [0.1, 0.15) is 5.82 Å². The Morgan fingerprint density at radius 1 is 1.25 bits per heavy atom. The molecular formula is C19H22FNO2S. The number of carbonyl (C=O) groups excluding carboxylic acids is 1. The van der Waals surface area contributed by atoms with Crippen molar-refractivity contribution in [3.63, 3.8) is 0 Å². The topological polar surface area (TPSA) is 49.3 Å². The number of hydrogen-bond acceptors (Lipinski definition) is 3. The molecule has 2 N–H and O–H groups in total. The smallest absolute Gasteiger partial charge is 0.251 e. The second-order valence-corrected chi connectivity index (χ2v) is 7.67. The highest BCUT2D eigenvalue weighted by atomic mass is 32.1. The zero-order valence-corrected chi connectivity index (χ0v) is 14.5. The third-order valence-electron chi connectivity index (χ3n) is 4.82. The van der Waals surface area contributed by atoms with Gasteiger partial charge in [-0.15, -0.1) is 11.3 Å². The van der Waals surface area contributed by atoms with Gasteiger partial charge in [0.15, 0.2) is 0 Å².